The quantitative estimate of drug-likeness (QED) is 0.840. The highest BCUT2D eigenvalue weighted by molar-refractivity contribution is 5.86. The molecule has 4 heteroatoms. The van der Waals surface area contributed by atoms with Crippen molar-refractivity contribution in [2.45, 2.75) is 32.6 Å². The lowest BCUT2D eigenvalue weighted by atomic mass is 9.89. The van der Waals surface area contributed by atoms with E-state index in [0.29, 0.717) is 5.92 Å². The standard InChI is InChI=1S/C14H19NO3/c1-9(2)11-6-4-5-7-12(11)10(3)14(18)15-8-13(16)17/h4-7,9-10H,8H2,1-3H3,(H,15,18)(H,16,17). The summed E-state index contributed by atoms with van der Waals surface area (Å²) in [4.78, 5) is 22.3. The molecule has 0 bridgehead atoms. The molecule has 1 aromatic carbocycles. The van der Waals surface area contributed by atoms with Gasteiger partial charge < -0.3 is 10.4 Å². The lowest BCUT2D eigenvalue weighted by Gasteiger charge is -2.18. The molecule has 1 unspecified atom stereocenters. The average molecular weight is 249 g/mol. The monoisotopic (exact) mass is 249 g/mol. The maximum absolute atomic E-state index is 11.8. The highest BCUT2D eigenvalue weighted by Crippen LogP contribution is 2.26. The first-order valence-electron chi connectivity index (χ1n) is 6.01. The molecule has 1 atom stereocenters. The van der Waals surface area contributed by atoms with Crippen LogP contribution in [0.5, 0.6) is 0 Å². The van der Waals surface area contributed by atoms with E-state index in [-0.39, 0.29) is 18.4 Å². The first-order chi connectivity index (χ1) is 8.43. The van der Waals surface area contributed by atoms with Crippen LogP contribution in [0.25, 0.3) is 0 Å². The zero-order valence-electron chi connectivity index (χ0n) is 10.9. The topological polar surface area (TPSA) is 66.4 Å². The average Bonchev–Trinajstić information content (AvgIpc) is 2.34. The normalized spacial score (nSPS) is 12.2. The summed E-state index contributed by atoms with van der Waals surface area (Å²) in [6.07, 6.45) is 0. The summed E-state index contributed by atoms with van der Waals surface area (Å²) in [6.45, 7) is 5.59. The number of hydrogen-bond donors (Lipinski definition) is 2. The first-order valence-corrected chi connectivity index (χ1v) is 6.01. The van der Waals surface area contributed by atoms with Gasteiger partial charge in [0.1, 0.15) is 6.54 Å². The lowest BCUT2D eigenvalue weighted by molar-refractivity contribution is -0.138. The number of carbonyl (C=O) groups is 2. The molecule has 0 aliphatic heterocycles. The van der Waals surface area contributed by atoms with Crippen LogP contribution >= 0.6 is 0 Å². The molecule has 0 fully saturated rings. The van der Waals surface area contributed by atoms with Crippen molar-refractivity contribution in [3.63, 3.8) is 0 Å². The molecule has 0 spiro atoms. The van der Waals surface area contributed by atoms with Gasteiger partial charge in [-0.2, -0.15) is 0 Å². The summed E-state index contributed by atoms with van der Waals surface area (Å²) in [6, 6.07) is 7.75. The van der Waals surface area contributed by atoms with Crippen LogP contribution in [0, 0.1) is 0 Å². The fourth-order valence-electron chi connectivity index (χ4n) is 1.89. The third-order valence-electron chi connectivity index (χ3n) is 2.89. The van der Waals surface area contributed by atoms with Crippen molar-refractivity contribution in [3.8, 4) is 0 Å². The number of nitrogens with one attached hydrogen (secondary N) is 1. The zero-order valence-corrected chi connectivity index (χ0v) is 10.9. The molecule has 0 radical (unpaired) electrons. The second-order valence-electron chi connectivity index (χ2n) is 4.62. The van der Waals surface area contributed by atoms with E-state index >= 15 is 0 Å². The zero-order chi connectivity index (χ0) is 13.7. The molecular weight excluding hydrogens is 230 g/mol. The van der Waals surface area contributed by atoms with Crippen LogP contribution in [0.1, 0.15) is 43.7 Å². The molecule has 0 aliphatic rings. The van der Waals surface area contributed by atoms with E-state index in [0.717, 1.165) is 11.1 Å². The van der Waals surface area contributed by atoms with Crippen molar-refractivity contribution in [1.82, 2.24) is 5.32 Å². The predicted molar refractivity (Wildman–Crippen MR) is 69.6 cm³/mol. The van der Waals surface area contributed by atoms with Crippen LogP contribution in [0.3, 0.4) is 0 Å². The smallest absolute Gasteiger partial charge is 0.322 e. The Balaban J connectivity index is 2.86. The second-order valence-corrected chi connectivity index (χ2v) is 4.62. The van der Waals surface area contributed by atoms with Gasteiger partial charge in [0.25, 0.3) is 0 Å². The Hall–Kier alpha value is -1.84. The van der Waals surface area contributed by atoms with Crippen LogP contribution in [-0.4, -0.2) is 23.5 Å². The second kappa shape index (κ2) is 6.19. The minimum Gasteiger partial charge on any atom is -0.480 e. The van der Waals surface area contributed by atoms with E-state index in [1.165, 1.54) is 0 Å². The van der Waals surface area contributed by atoms with E-state index < -0.39 is 5.97 Å². The van der Waals surface area contributed by atoms with Gasteiger partial charge in [0, 0.05) is 0 Å². The van der Waals surface area contributed by atoms with E-state index in [4.69, 9.17) is 5.11 Å². The van der Waals surface area contributed by atoms with E-state index in [1.807, 2.05) is 24.3 Å². The minimum absolute atomic E-state index is 0.259. The largest absolute Gasteiger partial charge is 0.480 e. The van der Waals surface area contributed by atoms with Crippen LogP contribution in [-0.2, 0) is 9.59 Å². The molecule has 0 aliphatic carbocycles. The van der Waals surface area contributed by atoms with Crippen molar-refractivity contribution >= 4 is 11.9 Å². The maximum Gasteiger partial charge on any atom is 0.322 e. The number of aliphatic carboxylic acids is 1. The Morgan fingerprint density at radius 2 is 1.72 bits per heavy atom. The van der Waals surface area contributed by atoms with Crippen LogP contribution in [0.15, 0.2) is 24.3 Å². The van der Waals surface area contributed by atoms with Crippen LogP contribution in [0.2, 0.25) is 0 Å². The number of benzene rings is 1. The van der Waals surface area contributed by atoms with Crippen LogP contribution in [0.4, 0.5) is 0 Å². The molecule has 1 rings (SSSR count). The summed E-state index contributed by atoms with van der Waals surface area (Å²) in [5.74, 6) is -1.31. The third kappa shape index (κ3) is 3.58. The minimum atomic E-state index is -1.03. The highest BCUT2D eigenvalue weighted by Gasteiger charge is 2.19. The van der Waals surface area contributed by atoms with Gasteiger partial charge in [-0.05, 0) is 24.0 Å². The Kier molecular flexibility index (Phi) is 4.89. The Bertz CT molecular complexity index is 440. The molecule has 18 heavy (non-hydrogen) atoms. The fraction of sp³-hybridized carbons (Fsp3) is 0.429. The number of hydrogen-bond acceptors (Lipinski definition) is 2. The molecule has 4 nitrogen and oxygen atoms in total. The molecule has 2 N–H and O–H groups in total. The molecule has 0 aromatic heterocycles. The Morgan fingerprint density at radius 1 is 1.17 bits per heavy atom. The van der Waals surface area contributed by atoms with Gasteiger partial charge >= 0.3 is 5.97 Å². The number of carboxylic acids is 1. The highest BCUT2D eigenvalue weighted by atomic mass is 16.4. The molecule has 0 heterocycles. The summed E-state index contributed by atoms with van der Waals surface area (Å²) < 4.78 is 0. The van der Waals surface area contributed by atoms with Crippen molar-refractivity contribution in [2.24, 2.45) is 0 Å². The summed E-state index contributed by atoms with van der Waals surface area (Å²) in [5.41, 5.74) is 2.07. The Morgan fingerprint density at radius 3 is 2.22 bits per heavy atom. The lowest BCUT2D eigenvalue weighted by Crippen LogP contribution is -2.32. The number of amides is 1. The maximum atomic E-state index is 11.8. The molecule has 1 amide bonds. The SMILES string of the molecule is CC(C)c1ccccc1C(C)C(=O)NCC(=O)O. The molecule has 0 saturated heterocycles. The van der Waals surface area contributed by atoms with E-state index in [2.05, 4.69) is 19.2 Å². The fourth-order valence-corrected chi connectivity index (χ4v) is 1.89. The van der Waals surface area contributed by atoms with E-state index in [1.54, 1.807) is 6.92 Å². The van der Waals surface area contributed by atoms with Gasteiger partial charge in [0.2, 0.25) is 5.91 Å². The number of rotatable bonds is 5. The van der Waals surface area contributed by atoms with Gasteiger partial charge in [-0.15, -0.1) is 0 Å². The first kappa shape index (κ1) is 14.2. The molecule has 1 aromatic rings. The van der Waals surface area contributed by atoms with Gasteiger partial charge in [-0.1, -0.05) is 38.1 Å². The summed E-state index contributed by atoms with van der Waals surface area (Å²) in [5, 5.41) is 11.0. The predicted octanol–water partition coefficient (Wildman–Crippen LogP) is 2.11. The Labute approximate surface area is 107 Å². The molecule has 98 valence electrons. The van der Waals surface area contributed by atoms with Gasteiger partial charge in [0.15, 0.2) is 0 Å². The van der Waals surface area contributed by atoms with Gasteiger partial charge in [-0.3, -0.25) is 9.59 Å². The van der Waals surface area contributed by atoms with Crippen molar-refractivity contribution in [1.29, 1.82) is 0 Å². The van der Waals surface area contributed by atoms with Crippen molar-refractivity contribution in [3.05, 3.63) is 35.4 Å². The van der Waals surface area contributed by atoms with E-state index in [9.17, 15) is 9.59 Å². The van der Waals surface area contributed by atoms with Gasteiger partial charge in [0.05, 0.1) is 5.92 Å². The summed E-state index contributed by atoms with van der Waals surface area (Å²) >= 11 is 0. The number of carboxylic acid groups (broad SMARTS) is 1. The third-order valence-corrected chi connectivity index (χ3v) is 2.89. The molecular formula is C14H19NO3. The van der Waals surface area contributed by atoms with Crippen LogP contribution < -0.4 is 5.32 Å². The van der Waals surface area contributed by atoms with Gasteiger partial charge in [-0.25, -0.2) is 0 Å². The number of carbonyl (C=O) groups excluding carboxylic acids is 1. The van der Waals surface area contributed by atoms with Crippen molar-refractivity contribution < 1.29 is 14.7 Å². The van der Waals surface area contributed by atoms with Crippen molar-refractivity contribution in [2.75, 3.05) is 6.54 Å². The summed E-state index contributed by atoms with van der Waals surface area (Å²) in [7, 11) is 0. The molecule has 0 saturated carbocycles.